The maximum atomic E-state index is 5.32. The second-order valence-electron chi connectivity index (χ2n) is 2.45. The van der Waals surface area contributed by atoms with Crippen LogP contribution >= 0.6 is 0 Å². The Morgan fingerprint density at radius 3 is 3.11 bits per heavy atom. The molecule has 0 aromatic rings. The van der Waals surface area contributed by atoms with Gasteiger partial charge in [0.1, 0.15) is 11.9 Å². The Balaban J connectivity index is 2.18. The summed E-state index contributed by atoms with van der Waals surface area (Å²) in [7, 11) is 0. The Hall–Kier alpha value is -0.720. The minimum absolute atomic E-state index is 0.376. The summed E-state index contributed by atoms with van der Waals surface area (Å²) in [5, 5.41) is 0. The molecule has 1 nitrogen and oxygen atoms in total. The fraction of sp³-hybridized carbons (Fsp3) is 0.375. The molecule has 0 bridgehead atoms. The van der Waals surface area contributed by atoms with Gasteiger partial charge in [-0.05, 0) is 19.4 Å². The maximum Gasteiger partial charge on any atom is 0.110 e. The summed E-state index contributed by atoms with van der Waals surface area (Å²) in [5.41, 5.74) is 0. The van der Waals surface area contributed by atoms with Crippen molar-refractivity contribution < 1.29 is 4.74 Å². The molecule has 0 saturated carbocycles. The quantitative estimate of drug-likeness (QED) is 0.475. The highest BCUT2D eigenvalue weighted by Crippen LogP contribution is 2.38. The number of rotatable bonds is 0. The van der Waals surface area contributed by atoms with Crippen molar-refractivity contribution in [1.29, 1.82) is 0 Å². The van der Waals surface area contributed by atoms with Gasteiger partial charge in [-0.1, -0.05) is 12.2 Å². The van der Waals surface area contributed by atoms with E-state index in [0.717, 1.165) is 12.2 Å². The average molecular weight is 121 g/mol. The average Bonchev–Trinajstić information content (AvgIpc) is 1.86. The van der Waals surface area contributed by atoms with E-state index in [0.29, 0.717) is 6.10 Å². The molecule has 9 heavy (non-hydrogen) atoms. The van der Waals surface area contributed by atoms with Crippen molar-refractivity contribution in [2.75, 3.05) is 0 Å². The lowest BCUT2D eigenvalue weighted by molar-refractivity contribution is 0.0582. The van der Waals surface area contributed by atoms with Gasteiger partial charge in [-0.2, -0.15) is 0 Å². The molecule has 2 rings (SSSR count). The topological polar surface area (TPSA) is 9.23 Å². The van der Waals surface area contributed by atoms with Crippen LogP contribution in [-0.4, -0.2) is 6.10 Å². The van der Waals surface area contributed by atoms with Crippen molar-refractivity contribution >= 4 is 0 Å². The fourth-order valence-corrected chi connectivity index (χ4v) is 1.24. The van der Waals surface area contributed by atoms with E-state index in [2.05, 4.69) is 13.0 Å². The highest BCUT2D eigenvalue weighted by atomic mass is 16.5. The van der Waals surface area contributed by atoms with Gasteiger partial charge in [-0.15, -0.1) is 0 Å². The van der Waals surface area contributed by atoms with Crippen LogP contribution in [0.5, 0.6) is 0 Å². The summed E-state index contributed by atoms with van der Waals surface area (Å²) in [6.45, 7) is 2.09. The molecular formula is C8H9O. The monoisotopic (exact) mass is 121 g/mol. The number of hydrogen-bond donors (Lipinski definition) is 0. The fourth-order valence-electron chi connectivity index (χ4n) is 1.24. The molecule has 1 heteroatoms. The molecule has 1 unspecified atom stereocenters. The van der Waals surface area contributed by atoms with Crippen LogP contribution in [0.4, 0.5) is 0 Å². The zero-order valence-corrected chi connectivity index (χ0v) is 5.42. The SMILES string of the molecule is CC1OC2=CC=CC[C]21. The highest BCUT2D eigenvalue weighted by molar-refractivity contribution is 5.37. The summed E-state index contributed by atoms with van der Waals surface area (Å²) in [4.78, 5) is 0. The van der Waals surface area contributed by atoms with E-state index in [1.54, 1.807) is 0 Å². The summed E-state index contributed by atoms with van der Waals surface area (Å²) in [5.74, 6) is 2.56. The van der Waals surface area contributed by atoms with Crippen molar-refractivity contribution in [3.8, 4) is 0 Å². The van der Waals surface area contributed by atoms with E-state index in [1.165, 1.54) is 5.92 Å². The molecule has 0 spiro atoms. The molecule has 1 heterocycles. The van der Waals surface area contributed by atoms with Gasteiger partial charge in [0.05, 0.1) is 5.92 Å². The van der Waals surface area contributed by atoms with Crippen LogP contribution in [0.15, 0.2) is 24.0 Å². The lowest BCUT2D eigenvalue weighted by Crippen LogP contribution is -2.33. The molecule has 0 aromatic carbocycles. The minimum atomic E-state index is 0.376. The molecule has 1 aliphatic carbocycles. The maximum absolute atomic E-state index is 5.32. The third kappa shape index (κ3) is 0.607. The number of ether oxygens (including phenoxy) is 1. The van der Waals surface area contributed by atoms with Gasteiger partial charge in [0, 0.05) is 0 Å². The van der Waals surface area contributed by atoms with Gasteiger partial charge in [-0.25, -0.2) is 0 Å². The summed E-state index contributed by atoms with van der Waals surface area (Å²) in [6.07, 6.45) is 7.70. The Morgan fingerprint density at radius 1 is 1.67 bits per heavy atom. The van der Waals surface area contributed by atoms with Gasteiger partial charge in [0.25, 0.3) is 0 Å². The Bertz CT molecular complexity index is 179. The van der Waals surface area contributed by atoms with Crippen LogP contribution in [0.3, 0.4) is 0 Å². The summed E-state index contributed by atoms with van der Waals surface area (Å²) < 4.78 is 5.32. The number of fused-ring (bicyclic) bond motifs is 1. The molecule has 2 aliphatic rings. The lowest BCUT2D eigenvalue weighted by Gasteiger charge is -2.37. The third-order valence-corrected chi connectivity index (χ3v) is 1.83. The van der Waals surface area contributed by atoms with E-state index in [9.17, 15) is 0 Å². The van der Waals surface area contributed by atoms with Gasteiger partial charge < -0.3 is 4.74 Å². The number of allylic oxidation sites excluding steroid dienone is 3. The van der Waals surface area contributed by atoms with Crippen molar-refractivity contribution in [2.24, 2.45) is 0 Å². The molecule has 0 aromatic heterocycles. The molecule has 1 fully saturated rings. The molecule has 1 aliphatic heterocycles. The third-order valence-electron chi connectivity index (χ3n) is 1.83. The van der Waals surface area contributed by atoms with E-state index in [4.69, 9.17) is 4.74 Å². The van der Waals surface area contributed by atoms with Crippen molar-refractivity contribution in [3.05, 3.63) is 29.9 Å². The molecule has 1 radical (unpaired) electrons. The Labute approximate surface area is 55.0 Å². The summed E-state index contributed by atoms with van der Waals surface area (Å²) >= 11 is 0. The molecule has 0 amide bonds. The second-order valence-corrected chi connectivity index (χ2v) is 2.45. The standard InChI is InChI=1S/C8H9O/c1-6-7-4-2-3-5-8(7)9-6/h2-3,5-6H,4H2,1H3. The summed E-state index contributed by atoms with van der Waals surface area (Å²) in [6, 6.07) is 0. The van der Waals surface area contributed by atoms with E-state index < -0.39 is 0 Å². The van der Waals surface area contributed by atoms with E-state index in [-0.39, 0.29) is 0 Å². The zero-order valence-electron chi connectivity index (χ0n) is 5.42. The highest BCUT2D eigenvalue weighted by Gasteiger charge is 2.35. The van der Waals surface area contributed by atoms with E-state index in [1.807, 2.05) is 12.2 Å². The van der Waals surface area contributed by atoms with Crippen LogP contribution in [-0.2, 0) is 4.74 Å². The minimum Gasteiger partial charge on any atom is -0.493 e. The molecule has 1 atom stereocenters. The van der Waals surface area contributed by atoms with Crippen LogP contribution in [0, 0.1) is 5.92 Å². The number of hydrogen-bond acceptors (Lipinski definition) is 1. The molecular weight excluding hydrogens is 112 g/mol. The zero-order chi connectivity index (χ0) is 6.27. The predicted octanol–water partition coefficient (Wildman–Crippen LogP) is 1.82. The van der Waals surface area contributed by atoms with Crippen LogP contribution in [0.2, 0.25) is 0 Å². The first-order valence-corrected chi connectivity index (χ1v) is 3.27. The first kappa shape index (κ1) is 5.10. The Kier molecular flexibility index (Phi) is 0.922. The first-order valence-electron chi connectivity index (χ1n) is 3.27. The predicted molar refractivity (Wildman–Crippen MR) is 35.6 cm³/mol. The van der Waals surface area contributed by atoms with Gasteiger partial charge in [0.2, 0.25) is 0 Å². The Morgan fingerprint density at radius 2 is 2.56 bits per heavy atom. The van der Waals surface area contributed by atoms with E-state index >= 15 is 0 Å². The lowest BCUT2D eigenvalue weighted by atomic mass is 9.89. The van der Waals surface area contributed by atoms with Crippen LogP contribution in [0.25, 0.3) is 0 Å². The van der Waals surface area contributed by atoms with Crippen molar-refractivity contribution in [2.45, 2.75) is 19.4 Å². The smallest absolute Gasteiger partial charge is 0.110 e. The normalized spacial score (nSPS) is 32.1. The van der Waals surface area contributed by atoms with Crippen molar-refractivity contribution in [3.63, 3.8) is 0 Å². The molecule has 1 saturated heterocycles. The first-order chi connectivity index (χ1) is 4.38. The molecule has 47 valence electrons. The van der Waals surface area contributed by atoms with Crippen LogP contribution < -0.4 is 0 Å². The second kappa shape index (κ2) is 1.63. The largest absolute Gasteiger partial charge is 0.493 e. The van der Waals surface area contributed by atoms with Gasteiger partial charge >= 0.3 is 0 Å². The van der Waals surface area contributed by atoms with Gasteiger partial charge in [-0.3, -0.25) is 0 Å². The van der Waals surface area contributed by atoms with Gasteiger partial charge in [0.15, 0.2) is 0 Å². The van der Waals surface area contributed by atoms with Crippen molar-refractivity contribution in [1.82, 2.24) is 0 Å². The molecule has 0 N–H and O–H groups in total. The van der Waals surface area contributed by atoms with Crippen LogP contribution in [0.1, 0.15) is 13.3 Å².